The Balaban J connectivity index is 1.58. The van der Waals surface area contributed by atoms with E-state index in [1.807, 2.05) is 6.92 Å². The molecule has 0 spiro atoms. The monoisotopic (exact) mass is 398 g/mol. The molecule has 0 aliphatic heterocycles. The highest BCUT2D eigenvalue weighted by Gasteiger charge is 2.30. The maximum atomic E-state index is 12.6. The lowest BCUT2D eigenvalue weighted by atomic mass is 9.95. The van der Waals surface area contributed by atoms with Crippen LogP contribution in [0.4, 0.5) is 18.9 Å². The van der Waals surface area contributed by atoms with Crippen LogP contribution in [0, 0.1) is 6.92 Å². The molecule has 1 aromatic heterocycles. The zero-order valence-electron chi connectivity index (χ0n) is 14.9. The van der Waals surface area contributed by atoms with Crippen LogP contribution in [0.15, 0.2) is 29.4 Å². The van der Waals surface area contributed by atoms with Gasteiger partial charge in [-0.3, -0.25) is 4.79 Å². The van der Waals surface area contributed by atoms with E-state index in [0.29, 0.717) is 16.9 Å². The van der Waals surface area contributed by atoms with Crippen molar-refractivity contribution in [3.8, 4) is 0 Å². The summed E-state index contributed by atoms with van der Waals surface area (Å²) >= 11 is 1.29. The minimum Gasteiger partial charge on any atom is -0.325 e. The summed E-state index contributed by atoms with van der Waals surface area (Å²) in [5.41, 5.74) is -0.413. The molecule has 1 N–H and O–H groups in total. The molecule has 0 radical (unpaired) electrons. The quantitative estimate of drug-likeness (QED) is 0.732. The number of amides is 1. The van der Waals surface area contributed by atoms with Crippen LogP contribution in [0.25, 0.3) is 0 Å². The maximum absolute atomic E-state index is 12.6. The highest BCUT2D eigenvalue weighted by Crippen LogP contribution is 2.33. The maximum Gasteiger partial charge on any atom is 0.416 e. The first-order chi connectivity index (χ1) is 12.8. The summed E-state index contributed by atoms with van der Waals surface area (Å²) in [7, 11) is 0. The molecule has 1 aliphatic rings. The number of hydrogen-bond donors (Lipinski definition) is 1. The summed E-state index contributed by atoms with van der Waals surface area (Å²) in [6.07, 6.45) is 1.39. The van der Waals surface area contributed by atoms with Crippen molar-refractivity contribution in [1.29, 1.82) is 0 Å². The molecule has 1 amide bonds. The second-order valence-corrected chi connectivity index (χ2v) is 7.55. The summed E-state index contributed by atoms with van der Waals surface area (Å²) in [4.78, 5) is 12.2. The van der Waals surface area contributed by atoms with E-state index < -0.39 is 11.7 Å². The number of nitrogens with one attached hydrogen (secondary N) is 1. The third-order valence-electron chi connectivity index (χ3n) is 4.60. The Morgan fingerprint density at radius 2 is 1.85 bits per heavy atom. The molecule has 3 rings (SSSR count). The summed E-state index contributed by atoms with van der Waals surface area (Å²) in [6.45, 7) is 1.91. The Morgan fingerprint density at radius 3 is 2.48 bits per heavy atom. The molecule has 5 nitrogen and oxygen atoms in total. The molecule has 0 atom stereocenters. The van der Waals surface area contributed by atoms with Gasteiger partial charge in [0.2, 0.25) is 5.91 Å². The summed E-state index contributed by atoms with van der Waals surface area (Å²) < 4.78 is 39.8. The van der Waals surface area contributed by atoms with E-state index in [-0.39, 0.29) is 11.7 Å². The Labute approximate surface area is 159 Å². The largest absolute Gasteiger partial charge is 0.416 e. The van der Waals surface area contributed by atoms with Gasteiger partial charge in [0.15, 0.2) is 5.16 Å². The van der Waals surface area contributed by atoms with Crippen molar-refractivity contribution >= 4 is 23.4 Å². The third-order valence-corrected chi connectivity index (χ3v) is 5.55. The summed E-state index contributed by atoms with van der Waals surface area (Å²) in [5.74, 6) is 0.662. The smallest absolute Gasteiger partial charge is 0.325 e. The number of hydrogen-bond acceptors (Lipinski definition) is 4. The lowest BCUT2D eigenvalue weighted by Crippen LogP contribution is -2.17. The molecular formula is C18H21F3N4OS. The van der Waals surface area contributed by atoms with Crippen molar-refractivity contribution in [2.24, 2.45) is 0 Å². The number of halogens is 3. The number of benzene rings is 1. The normalized spacial score (nSPS) is 15.7. The van der Waals surface area contributed by atoms with Gasteiger partial charge in [0.1, 0.15) is 5.82 Å². The lowest BCUT2D eigenvalue weighted by molar-refractivity contribution is -0.137. The van der Waals surface area contributed by atoms with E-state index in [2.05, 4.69) is 20.1 Å². The zero-order valence-corrected chi connectivity index (χ0v) is 15.7. The molecule has 2 aromatic rings. The Morgan fingerprint density at radius 1 is 1.19 bits per heavy atom. The van der Waals surface area contributed by atoms with Gasteiger partial charge in [-0.25, -0.2) is 0 Å². The first-order valence-corrected chi connectivity index (χ1v) is 9.84. The van der Waals surface area contributed by atoms with Crippen LogP contribution < -0.4 is 5.32 Å². The average Bonchev–Trinajstić information content (AvgIpc) is 3.01. The van der Waals surface area contributed by atoms with Crippen LogP contribution in [-0.4, -0.2) is 26.4 Å². The van der Waals surface area contributed by atoms with Gasteiger partial charge in [0, 0.05) is 11.7 Å². The number of thioether (sulfide) groups is 1. The number of alkyl halides is 3. The van der Waals surface area contributed by atoms with Crippen molar-refractivity contribution in [1.82, 2.24) is 14.8 Å². The minimum atomic E-state index is -4.39. The first-order valence-electron chi connectivity index (χ1n) is 8.86. The molecular weight excluding hydrogens is 377 g/mol. The fourth-order valence-electron chi connectivity index (χ4n) is 3.28. The van der Waals surface area contributed by atoms with Crippen molar-refractivity contribution < 1.29 is 18.0 Å². The van der Waals surface area contributed by atoms with Gasteiger partial charge in [-0.2, -0.15) is 13.2 Å². The average molecular weight is 398 g/mol. The molecule has 0 bridgehead atoms. The van der Waals surface area contributed by atoms with E-state index in [4.69, 9.17) is 0 Å². The Kier molecular flexibility index (Phi) is 6.08. The SMILES string of the molecule is Cc1nnc(SCC(=O)Nc2ccc(C(F)(F)F)cc2)n1C1CCCCC1. The van der Waals surface area contributed by atoms with E-state index >= 15 is 0 Å². The van der Waals surface area contributed by atoms with Crippen molar-refractivity contribution in [3.63, 3.8) is 0 Å². The minimum absolute atomic E-state index is 0.117. The number of aryl methyl sites for hydroxylation is 1. The van der Waals surface area contributed by atoms with E-state index in [0.717, 1.165) is 30.8 Å². The number of rotatable bonds is 5. The fourth-order valence-corrected chi connectivity index (χ4v) is 4.13. The molecule has 27 heavy (non-hydrogen) atoms. The van der Waals surface area contributed by atoms with Gasteiger partial charge in [0.25, 0.3) is 0 Å². The van der Waals surface area contributed by atoms with Crippen LogP contribution in [0.3, 0.4) is 0 Å². The predicted molar refractivity (Wildman–Crippen MR) is 97.7 cm³/mol. The van der Waals surface area contributed by atoms with Crippen LogP contribution in [-0.2, 0) is 11.0 Å². The molecule has 1 saturated carbocycles. The molecule has 1 aliphatic carbocycles. The summed E-state index contributed by atoms with van der Waals surface area (Å²) in [6, 6.07) is 4.77. The van der Waals surface area contributed by atoms with Gasteiger partial charge >= 0.3 is 6.18 Å². The molecule has 1 heterocycles. The topological polar surface area (TPSA) is 59.8 Å². The number of carbonyl (C=O) groups excluding carboxylic acids is 1. The predicted octanol–water partition coefficient (Wildman–Crippen LogP) is 4.84. The molecule has 1 fully saturated rings. The Hall–Kier alpha value is -2.03. The summed E-state index contributed by atoms with van der Waals surface area (Å²) in [5, 5.41) is 11.6. The third kappa shape index (κ3) is 5.03. The van der Waals surface area contributed by atoms with Gasteiger partial charge < -0.3 is 9.88 Å². The standard InChI is InChI=1S/C18H21F3N4OS/c1-12-23-24-17(25(12)15-5-3-2-4-6-15)27-11-16(26)22-14-9-7-13(8-10-14)18(19,20)21/h7-10,15H,2-6,11H2,1H3,(H,22,26). The van der Waals surface area contributed by atoms with E-state index in [1.54, 1.807) is 0 Å². The second-order valence-electron chi connectivity index (χ2n) is 6.60. The molecule has 9 heteroatoms. The fraction of sp³-hybridized carbons (Fsp3) is 0.500. The van der Waals surface area contributed by atoms with Gasteiger partial charge in [-0.05, 0) is 44.0 Å². The number of nitrogens with zero attached hydrogens (tertiary/aromatic N) is 3. The Bertz CT molecular complexity index is 783. The second kappa shape index (κ2) is 8.33. The molecule has 0 unspecified atom stereocenters. The highest BCUT2D eigenvalue weighted by molar-refractivity contribution is 7.99. The number of anilines is 1. The van der Waals surface area contributed by atoms with Crippen molar-refractivity contribution in [3.05, 3.63) is 35.7 Å². The molecule has 146 valence electrons. The number of aromatic nitrogens is 3. The van der Waals surface area contributed by atoms with E-state index in [9.17, 15) is 18.0 Å². The van der Waals surface area contributed by atoms with Gasteiger partial charge in [-0.15, -0.1) is 10.2 Å². The lowest BCUT2D eigenvalue weighted by Gasteiger charge is -2.24. The first kappa shape index (κ1) is 19.7. The van der Waals surface area contributed by atoms with Gasteiger partial charge in [0.05, 0.1) is 11.3 Å². The van der Waals surface area contributed by atoms with Crippen LogP contribution >= 0.6 is 11.8 Å². The molecule has 1 aromatic carbocycles. The number of carbonyl (C=O) groups is 1. The molecule has 0 saturated heterocycles. The van der Waals surface area contributed by atoms with Crippen LogP contribution in [0.5, 0.6) is 0 Å². The van der Waals surface area contributed by atoms with Crippen LogP contribution in [0.1, 0.15) is 49.5 Å². The van der Waals surface area contributed by atoms with Crippen LogP contribution in [0.2, 0.25) is 0 Å². The van der Waals surface area contributed by atoms with E-state index in [1.165, 1.54) is 43.2 Å². The van der Waals surface area contributed by atoms with Gasteiger partial charge in [-0.1, -0.05) is 31.0 Å². The highest BCUT2D eigenvalue weighted by atomic mass is 32.2. The van der Waals surface area contributed by atoms with Crippen molar-refractivity contribution in [2.75, 3.05) is 11.1 Å². The zero-order chi connectivity index (χ0) is 19.4. The van der Waals surface area contributed by atoms with Crippen molar-refractivity contribution in [2.45, 2.75) is 56.4 Å².